The number of rotatable bonds is 8. The number of hydrogen-bond acceptors (Lipinski definition) is 3. The predicted molar refractivity (Wildman–Crippen MR) is 141 cm³/mol. The van der Waals surface area contributed by atoms with Crippen LogP contribution in [0, 0.1) is 0 Å². The zero-order valence-corrected chi connectivity index (χ0v) is 20.7. The van der Waals surface area contributed by atoms with Gasteiger partial charge in [-0.25, -0.2) is 8.42 Å². The van der Waals surface area contributed by atoms with Crippen LogP contribution in [-0.4, -0.2) is 20.6 Å². The first-order valence-corrected chi connectivity index (χ1v) is 13.3. The van der Waals surface area contributed by atoms with Crippen molar-refractivity contribution in [2.45, 2.75) is 12.6 Å². The molecule has 0 atom stereocenters. The fraction of sp³-hybridized carbons (Fsp3) is 0.107. The number of halogens is 1. The van der Waals surface area contributed by atoms with Crippen molar-refractivity contribution >= 4 is 33.2 Å². The maximum Gasteiger partial charge on any atom is 0.252 e. The van der Waals surface area contributed by atoms with Crippen molar-refractivity contribution in [1.82, 2.24) is 5.32 Å². The molecule has 7 heteroatoms. The van der Waals surface area contributed by atoms with E-state index < -0.39 is 10.0 Å². The van der Waals surface area contributed by atoms with Crippen LogP contribution in [0.1, 0.15) is 33.1 Å². The minimum absolute atomic E-state index is 0.123. The van der Waals surface area contributed by atoms with Crippen molar-refractivity contribution in [3.63, 3.8) is 0 Å². The van der Waals surface area contributed by atoms with Gasteiger partial charge in [0.25, 0.3) is 5.91 Å². The lowest BCUT2D eigenvalue weighted by Gasteiger charge is -2.23. The topological polar surface area (TPSA) is 66.5 Å². The van der Waals surface area contributed by atoms with Crippen LogP contribution in [0.25, 0.3) is 0 Å². The standard InChI is InChI=1S/C28H25ClN2O3S/c1-35(33,34)31(26-14-8-13-25(29)19-26)20-21-15-17-24(18-16-21)28(32)30-27(22-9-4-2-5-10-22)23-11-6-3-7-12-23/h2-19,27H,20H2,1H3,(H,30,32). The largest absolute Gasteiger partial charge is 0.341 e. The number of carbonyl (C=O) groups excluding carboxylic acids is 1. The second-order valence-corrected chi connectivity index (χ2v) is 10.5. The normalized spacial score (nSPS) is 11.3. The van der Waals surface area contributed by atoms with Gasteiger partial charge in [-0.2, -0.15) is 0 Å². The molecule has 1 N–H and O–H groups in total. The Morgan fingerprint density at radius 3 is 1.91 bits per heavy atom. The Labute approximate surface area is 211 Å². The van der Waals surface area contributed by atoms with E-state index in [0.717, 1.165) is 22.9 Å². The molecule has 0 aromatic heterocycles. The highest BCUT2D eigenvalue weighted by Crippen LogP contribution is 2.25. The summed E-state index contributed by atoms with van der Waals surface area (Å²) >= 11 is 6.06. The van der Waals surface area contributed by atoms with Crippen LogP contribution in [0.5, 0.6) is 0 Å². The quantitative estimate of drug-likeness (QED) is 0.328. The van der Waals surface area contributed by atoms with Crippen LogP contribution < -0.4 is 9.62 Å². The molecule has 0 saturated heterocycles. The first-order chi connectivity index (χ1) is 16.8. The van der Waals surface area contributed by atoms with Gasteiger partial charge < -0.3 is 5.32 Å². The molecule has 5 nitrogen and oxygen atoms in total. The highest BCUT2D eigenvalue weighted by atomic mass is 35.5. The van der Waals surface area contributed by atoms with Crippen LogP contribution in [0.3, 0.4) is 0 Å². The average Bonchev–Trinajstić information content (AvgIpc) is 2.86. The Morgan fingerprint density at radius 2 is 1.40 bits per heavy atom. The van der Waals surface area contributed by atoms with E-state index in [1.165, 1.54) is 4.31 Å². The minimum Gasteiger partial charge on any atom is -0.341 e. The predicted octanol–water partition coefficient (Wildman–Crippen LogP) is 5.83. The summed E-state index contributed by atoms with van der Waals surface area (Å²) in [6, 6.07) is 32.9. The molecular weight excluding hydrogens is 480 g/mol. The van der Waals surface area contributed by atoms with Crippen molar-refractivity contribution < 1.29 is 13.2 Å². The van der Waals surface area contributed by atoms with Gasteiger partial charge in [0.1, 0.15) is 0 Å². The van der Waals surface area contributed by atoms with Crippen LogP contribution in [0.15, 0.2) is 109 Å². The molecule has 0 spiro atoms. The number of hydrogen-bond donors (Lipinski definition) is 1. The zero-order chi connectivity index (χ0) is 24.8. The van der Waals surface area contributed by atoms with E-state index in [1.54, 1.807) is 48.5 Å². The summed E-state index contributed by atoms with van der Waals surface area (Å²) in [5.74, 6) is -0.218. The van der Waals surface area contributed by atoms with E-state index in [-0.39, 0.29) is 18.5 Å². The number of sulfonamides is 1. The lowest BCUT2D eigenvalue weighted by Crippen LogP contribution is -2.30. The average molecular weight is 505 g/mol. The van der Waals surface area contributed by atoms with E-state index in [0.29, 0.717) is 16.3 Å². The van der Waals surface area contributed by atoms with Gasteiger partial charge >= 0.3 is 0 Å². The summed E-state index contributed by atoms with van der Waals surface area (Å²) in [7, 11) is -3.54. The summed E-state index contributed by atoms with van der Waals surface area (Å²) < 4.78 is 26.2. The molecule has 0 bridgehead atoms. The molecule has 4 aromatic carbocycles. The van der Waals surface area contributed by atoms with Gasteiger partial charge in [0.05, 0.1) is 24.5 Å². The van der Waals surface area contributed by atoms with Crippen molar-refractivity contribution in [3.8, 4) is 0 Å². The molecule has 0 unspecified atom stereocenters. The third kappa shape index (κ3) is 6.29. The first-order valence-electron chi connectivity index (χ1n) is 11.0. The molecule has 35 heavy (non-hydrogen) atoms. The van der Waals surface area contributed by atoms with E-state index in [4.69, 9.17) is 11.6 Å². The van der Waals surface area contributed by atoms with Crippen molar-refractivity contribution in [3.05, 3.63) is 136 Å². The van der Waals surface area contributed by atoms with Gasteiger partial charge in [0.15, 0.2) is 0 Å². The monoisotopic (exact) mass is 504 g/mol. The summed E-state index contributed by atoms with van der Waals surface area (Å²) in [6.07, 6.45) is 1.16. The minimum atomic E-state index is -3.54. The molecule has 4 rings (SSSR count). The van der Waals surface area contributed by atoms with Crippen molar-refractivity contribution in [1.29, 1.82) is 0 Å². The third-order valence-electron chi connectivity index (χ3n) is 5.58. The number of nitrogens with zero attached hydrogens (tertiary/aromatic N) is 1. The molecule has 0 aliphatic heterocycles. The smallest absolute Gasteiger partial charge is 0.252 e. The Balaban J connectivity index is 1.54. The van der Waals surface area contributed by atoms with Crippen molar-refractivity contribution in [2.75, 3.05) is 10.6 Å². The summed E-state index contributed by atoms with van der Waals surface area (Å²) in [4.78, 5) is 13.1. The molecule has 178 valence electrons. The molecule has 0 aliphatic carbocycles. The van der Waals surface area contributed by atoms with Gasteiger partial charge in [-0.15, -0.1) is 0 Å². The lowest BCUT2D eigenvalue weighted by atomic mass is 9.98. The number of anilines is 1. The zero-order valence-electron chi connectivity index (χ0n) is 19.1. The van der Waals surface area contributed by atoms with Gasteiger partial charge in [-0.05, 0) is 47.0 Å². The van der Waals surface area contributed by atoms with Crippen LogP contribution in [-0.2, 0) is 16.6 Å². The summed E-state index contributed by atoms with van der Waals surface area (Å²) in [6.45, 7) is 0.123. The fourth-order valence-corrected chi connectivity index (χ4v) is 4.89. The highest BCUT2D eigenvalue weighted by molar-refractivity contribution is 7.92. The van der Waals surface area contributed by atoms with E-state index in [2.05, 4.69) is 5.32 Å². The second kappa shape index (κ2) is 10.8. The molecule has 0 heterocycles. The van der Waals surface area contributed by atoms with Gasteiger partial charge in [0.2, 0.25) is 10.0 Å². The maximum atomic E-state index is 13.1. The van der Waals surface area contributed by atoms with E-state index in [1.807, 2.05) is 60.7 Å². The van der Waals surface area contributed by atoms with Crippen LogP contribution in [0.2, 0.25) is 5.02 Å². The van der Waals surface area contributed by atoms with Crippen LogP contribution >= 0.6 is 11.6 Å². The van der Waals surface area contributed by atoms with E-state index >= 15 is 0 Å². The van der Waals surface area contributed by atoms with E-state index in [9.17, 15) is 13.2 Å². The first kappa shape index (κ1) is 24.5. The second-order valence-electron chi connectivity index (χ2n) is 8.17. The molecule has 0 radical (unpaired) electrons. The summed E-state index contributed by atoms with van der Waals surface area (Å²) in [5, 5.41) is 3.58. The Kier molecular flexibility index (Phi) is 7.54. The number of benzene rings is 4. The summed E-state index contributed by atoms with van der Waals surface area (Å²) in [5.41, 5.74) is 3.67. The molecule has 4 aromatic rings. The van der Waals surface area contributed by atoms with Crippen molar-refractivity contribution in [2.24, 2.45) is 0 Å². The highest BCUT2D eigenvalue weighted by Gasteiger charge is 2.20. The Hall–Kier alpha value is -3.61. The maximum absolute atomic E-state index is 13.1. The SMILES string of the molecule is CS(=O)(=O)N(Cc1ccc(C(=O)NC(c2ccccc2)c2ccccc2)cc1)c1cccc(Cl)c1. The molecule has 1 amide bonds. The Bertz CT molecular complexity index is 1350. The molecular formula is C28H25ClN2O3S. The van der Waals surface area contributed by atoms with Gasteiger partial charge in [-0.3, -0.25) is 9.10 Å². The molecule has 0 saturated carbocycles. The van der Waals surface area contributed by atoms with Crippen LogP contribution in [0.4, 0.5) is 5.69 Å². The number of carbonyl (C=O) groups is 1. The molecule has 0 aliphatic rings. The van der Waals surface area contributed by atoms with Gasteiger partial charge in [0, 0.05) is 10.6 Å². The lowest BCUT2D eigenvalue weighted by molar-refractivity contribution is 0.0943. The molecule has 0 fully saturated rings. The Morgan fingerprint density at radius 1 is 0.829 bits per heavy atom. The fourth-order valence-electron chi connectivity index (χ4n) is 3.82. The third-order valence-corrected chi connectivity index (χ3v) is 6.96. The van der Waals surface area contributed by atoms with Gasteiger partial charge in [-0.1, -0.05) is 90.5 Å². The number of nitrogens with one attached hydrogen (secondary N) is 1. The number of amides is 1.